The molecule has 0 saturated heterocycles. The Balaban J connectivity index is 1.98. The largest absolute Gasteiger partial charge is 0.444 e. The molecule has 0 aliphatic carbocycles. The van der Waals surface area contributed by atoms with Gasteiger partial charge >= 0.3 is 6.09 Å². The maximum atomic E-state index is 13.0. The van der Waals surface area contributed by atoms with E-state index in [1.54, 1.807) is 20.8 Å². The maximum Gasteiger partial charge on any atom is 0.408 e. The molecule has 3 atom stereocenters. The van der Waals surface area contributed by atoms with E-state index >= 15 is 0 Å². The molecule has 194 valence electrons. The van der Waals surface area contributed by atoms with Gasteiger partial charge in [0.2, 0.25) is 16.9 Å². The number of hydrogen-bond acceptors (Lipinski definition) is 6. The van der Waals surface area contributed by atoms with Gasteiger partial charge in [0.1, 0.15) is 23.7 Å². The monoisotopic (exact) mass is 513 g/mol. The summed E-state index contributed by atoms with van der Waals surface area (Å²) in [7, 11) is 0. The minimum Gasteiger partial charge on any atom is -0.444 e. The summed E-state index contributed by atoms with van der Waals surface area (Å²) in [5.74, 6) is -0.559. The van der Waals surface area contributed by atoms with E-state index in [1.807, 2.05) is 60.7 Å². The van der Waals surface area contributed by atoms with E-state index in [0.29, 0.717) is 12.2 Å². The van der Waals surface area contributed by atoms with Crippen molar-refractivity contribution in [3.63, 3.8) is 0 Å². The summed E-state index contributed by atoms with van der Waals surface area (Å²) < 4.78 is 5.15. The number of hydrogen-bond donors (Lipinski definition) is 3. The summed E-state index contributed by atoms with van der Waals surface area (Å²) in [6.07, 6.45) is -0.406. The van der Waals surface area contributed by atoms with Gasteiger partial charge in [-0.2, -0.15) is 0 Å². The first-order valence-electron chi connectivity index (χ1n) is 11.8. The number of carbonyl (C=O) groups excluding carboxylic acids is 4. The second kappa shape index (κ2) is 13.7. The highest BCUT2D eigenvalue weighted by Crippen LogP contribution is 2.17. The van der Waals surface area contributed by atoms with Crippen molar-refractivity contribution < 1.29 is 23.9 Å². The molecule has 0 bridgehead atoms. The van der Waals surface area contributed by atoms with Gasteiger partial charge in [-0.1, -0.05) is 72.4 Å². The lowest BCUT2D eigenvalue weighted by atomic mass is 10.1. The van der Waals surface area contributed by atoms with Gasteiger partial charge in [0.25, 0.3) is 0 Å². The van der Waals surface area contributed by atoms with Crippen LogP contribution in [0.5, 0.6) is 0 Å². The predicted octanol–water partition coefficient (Wildman–Crippen LogP) is 3.59. The lowest BCUT2D eigenvalue weighted by Crippen LogP contribution is -2.54. The Labute approximate surface area is 216 Å². The van der Waals surface area contributed by atoms with Crippen molar-refractivity contribution in [2.75, 3.05) is 0 Å². The number of rotatable bonds is 10. The van der Waals surface area contributed by atoms with Crippen LogP contribution in [0.3, 0.4) is 0 Å². The van der Waals surface area contributed by atoms with Gasteiger partial charge in [-0.3, -0.25) is 14.4 Å². The third-order valence-corrected chi connectivity index (χ3v) is 6.03. The quantitative estimate of drug-likeness (QED) is 0.447. The number of amides is 3. The normalized spacial score (nSPS) is 13.6. The highest BCUT2D eigenvalue weighted by Gasteiger charge is 2.27. The summed E-state index contributed by atoms with van der Waals surface area (Å²) in [5, 5.41) is 7.63. The molecule has 9 heteroatoms. The topological polar surface area (TPSA) is 114 Å². The van der Waals surface area contributed by atoms with Crippen LogP contribution >= 0.6 is 11.8 Å². The van der Waals surface area contributed by atoms with Crippen LogP contribution in [0.15, 0.2) is 60.7 Å². The van der Waals surface area contributed by atoms with Gasteiger partial charge in [-0.15, -0.1) is 0 Å². The molecule has 3 N–H and O–H groups in total. The van der Waals surface area contributed by atoms with Gasteiger partial charge in [-0.05, 0) is 45.7 Å². The lowest BCUT2D eigenvalue weighted by molar-refractivity contribution is -0.130. The van der Waals surface area contributed by atoms with Crippen LogP contribution in [0.2, 0.25) is 0 Å². The summed E-state index contributed by atoms with van der Waals surface area (Å²) >= 11 is 1.14. The van der Waals surface area contributed by atoms with E-state index in [4.69, 9.17) is 4.74 Å². The van der Waals surface area contributed by atoms with Crippen LogP contribution in [0.4, 0.5) is 4.79 Å². The molecule has 0 aliphatic rings. The smallest absolute Gasteiger partial charge is 0.408 e. The average molecular weight is 514 g/mol. The molecule has 0 aliphatic heterocycles. The zero-order chi connectivity index (χ0) is 26.7. The van der Waals surface area contributed by atoms with Crippen molar-refractivity contribution in [3.05, 3.63) is 71.8 Å². The first kappa shape index (κ1) is 28.9. The SMILES string of the molecule is C[C@H](NC(=O)OC(C)(C)C)C(=O)N[C@@H](C)C(=O)N[C@@H](Cc1ccccc1)C(=O)SCc1ccccc1. The zero-order valence-electron chi connectivity index (χ0n) is 21.4. The van der Waals surface area contributed by atoms with Gasteiger partial charge in [-0.25, -0.2) is 4.79 Å². The van der Waals surface area contributed by atoms with Gasteiger partial charge in [0.15, 0.2) is 0 Å². The third kappa shape index (κ3) is 10.5. The van der Waals surface area contributed by atoms with Crippen LogP contribution < -0.4 is 16.0 Å². The molecule has 8 nitrogen and oxygen atoms in total. The van der Waals surface area contributed by atoms with Crippen molar-refractivity contribution in [1.82, 2.24) is 16.0 Å². The van der Waals surface area contributed by atoms with Gasteiger partial charge in [0.05, 0.1) is 0 Å². The number of alkyl carbamates (subject to hydrolysis) is 1. The first-order chi connectivity index (χ1) is 16.9. The minimum atomic E-state index is -0.925. The van der Waals surface area contributed by atoms with E-state index < -0.39 is 41.6 Å². The summed E-state index contributed by atoms with van der Waals surface area (Å²) in [6.45, 7) is 8.17. The predicted molar refractivity (Wildman–Crippen MR) is 141 cm³/mol. The Bertz CT molecular complexity index is 1020. The van der Waals surface area contributed by atoms with Crippen molar-refractivity contribution in [2.24, 2.45) is 0 Å². The Morgan fingerprint density at radius 1 is 0.778 bits per heavy atom. The first-order valence-corrected chi connectivity index (χ1v) is 12.8. The molecule has 2 aromatic rings. The number of ether oxygens (including phenoxy) is 1. The van der Waals surface area contributed by atoms with E-state index in [2.05, 4.69) is 16.0 Å². The number of carbonyl (C=O) groups is 4. The minimum absolute atomic E-state index is 0.172. The molecular formula is C27H35N3O5S. The second-order valence-corrected chi connectivity index (χ2v) is 10.4. The number of nitrogens with one attached hydrogen (secondary N) is 3. The average Bonchev–Trinajstić information content (AvgIpc) is 2.82. The van der Waals surface area contributed by atoms with Gasteiger partial charge < -0.3 is 20.7 Å². The fourth-order valence-electron chi connectivity index (χ4n) is 3.12. The molecule has 0 fully saturated rings. The van der Waals surface area contributed by atoms with E-state index in [0.717, 1.165) is 22.9 Å². The van der Waals surface area contributed by atoms with Crippen molar-refractivity contribution in [2.45, 2.75) is 70.5 Å². The molecule has 0 saturated carbocycles. The van der Waals surface area contributed by atoms with Crippen LogP contribution in [0, 0.1) is 0 Å². The Morgan fingerprint density at radius 2 is 1.28 bits per heavy atom. The summed E-state index contributed by atoms with van der Waals surface area (Å²) in [5.41, 5.74) is 1.21. The molecule has 0 unspecified atom stereocenters. The maximum absolute atomic E-state index is 13.0. The number of benzene rings is 2. The number of thioether (sulfide) groups is 1. The van der Waals surface area contributed by atoms with Crippen LogP contribution in [-0.2, 0) is 31.3 Å². The highest BCUT2D eigenvalue weighted by atomic mass is 32.2. The molecule has 2 aromatic carbocycles. The Hall–Kier alpha value is -3.33. The highest BCUT2D eigenvalue weighted by molar-refractivity contribution is 8.13. The van der Waals surface area contributed by atoms with Crippen molar-refractivity contribution >= 4 is 34.8 Å². The van der Waals surface area contributed by atoms with Gasteiger partial charge in [0, 0.05) is 12.2 Å². The molecule has 0 aromatic heterocycles. The van der Waals surface area contributed by atoms with E-state index in [9.17, 15) is 19.2 Å². The van der Waals surface area contributed by atoms with Crippen molar-refractivity contribution in [1.29, 1.82) is 0 Å². The van der Waals surface area contributed by atoms with Crippen molar-refractivity contribution in [3.8, 4) is 0 Å². The molecular weight excluding hydrogens is 478 g/mol. The Morgan fingerprint density at radius 3 is 1.83 bits per heavy atom. The zero-order valence-corrected chi connectivity index (χ0v) is 22.2. The second-order valence-electron chi connectivity index (χ2n) is 9.44. The summed E-state index contributed by atoms with van der Waals surface area (Å²) in [6, 6.07) is 16.4. The third-order valence-electron chi connectivity index (χ3n) is 4.99. The molecule has 3 amide bonds. The van der Waals surface area contributed by atoms with Crippen LogP contribution in [-0.4, -0.2) is 46.7 Å². The van der Waals surface area contributed by atoms with Crippen LogP contribution in [0.25, 0.3) is 0 Å². The van der Waals surface area contributed by atoms with E-state index in [1.165, 1.54) is 13.8 Å². The van der Waals surface area contributed by atoms with Crippen LogP contribution in [0.1, 0.15) is 45.7 Å². The Kier molecular flexibility index (Phi) is 11.0. The standard InChI is InChI=1S/C27H35N3O5S/c1-18(28-23(31)19(2)29-26(34)35-27(3,4)5)24(32)30-22(16-20-12-8-6-9-13-20)25(33)36-17-21-14-10-7-11-15-21/h6-15,18-19,22H,16-17H2,1-5H3,(H,28,31)(H,29,34)(H,30,32)/t18-,19-,22-/m0/s1. The fraction of sp³-hybridized carbons (Fsp3) is 0.407. The van der Waals surface area contributed by atoms with E-state index in [-0.39, 0.29) is 5.12 Å². The molecule has 0 heterocycles. The molecule has 2 rings (SSSR count). The molecule has 36 heavy (non-hydrogen) atoms. The molecule has 0 spiro atoms. The lowest BCUT2D eigenvalue weighted by Gasteiger charge is -2.23. The molecule has 0 radical (unpaired) electrons. The fourth-order valence-corrected chi connectivity index (χ4v) is 3.97. The summed E-state index contributed by atoms with van der Waals surface area (Å²) in [4.78, 5) is 50.4.